The third-order valence-corrected chi connectivity index (χ3v) is 12.5. The van der Waals surface area contributed by atoms with Crippen LogP contribution in [0.3, 0.4) is 0 Å². The summed E-state index contributed by atoms with van der Waals surface area (Å²) in [6.45, 7) is 23.6. The number of carbonyl (C=O) groups is 2. The summed E-state index contributed by atoms with van der Waals surface area (Å²) in [6.07, 6.45) is 12.1. The van der Waals surface area contributed by atoms with E-state index in [1.54, 1.807) is 9.36 Å². The molecule has 68 heavy (non-hydrogen) atoms. The van der Waals surface area contributed by atoms with Crippen LogP contribution in [0, 0.1) is 36.0 Å². The van der Waals surface area contributed by atoms with Gasteiger partial charge in [-0.25, -0.2) is 9.36 Å². The number of anilines is 3. The molecule has 3 aromatic rings. The molecular formula is C46H78ClN16O5-. The smallest absolute Gasteiger partial charge is 0.247 e. The van der Waals surface area contributed by atoms with Gasteiger partial charge in [-0.15, -0.1) is 16.6 Å². The Kier molecular flexibility index (Phi) is 23.1. The van der Waals surface area contributed by atoms with Gasteiger partial charge < -0.3 is 63.0 Å². The lowest BCUT2D eigenvalue weighted by Crippen LogP contribution is -3.00. The number of amides is 2. The molecule has 5 rings (SSSR count). The second-order valence-corrected chi connectivity index (χ2v) is 18.7. The number of halogens is 1. The van der Waals surface area contributed by atoms with E-state index in [0.29, 0.717) is 133 Å². The van der Waals surface area contributed by atoms with Gasteiger partial charge >= 0.3 is 0 Å². The van der Waals surface area contributed by atoms with Crippen molar-refractivity contribution in [1.29, 1.82) is 0 Å². The van der Waals surface area contributed by atoms with Gasteiger partial charge in [0, 0.05) is 58.9 Å². The fourth-order valence-corrected chi connectivity index (χ4v) is 8.28. The predicted molar refractivity (Wildman–Crippen MR) is 257 cm³/mol. The van der Waals surface area contributed by atoms with E-state index in [2.05, 4.69) is 97.1 Å². The minimum atomic E-state index is -0.502. The van der Waals surface area contributed by atoms with E-state index in [-0.39, 0.29) is 54.7 Å². The van der Waals surface area contributed by atoms with Crippen LogP contribution in [-0.4, -0.2) is 165 Å². The number of aromatic nitrogens is 9. The first kappa shape index (κ1) is 55.9. The summed E-state index contributed by atoms with van der Waals surface area (Å²) in [4.78, 5) is 51.2. The highest BCUT2D eigenvalue weighted by molar-refractivity contribution is 5.81. The van der Waals surface area contributed by atoms with Crippen molar-refractivity contribution >= 4 is 29.7 Å². The molecule has 2 saturated heterocycles. The zero-order valence-electron chi connectivity index (χ0n) is 41.7. The minimum absolute atomic E-state index is 0. The van der Waals surface area contributed by atoms with E-state index in [1.807, 2.05) is 22.2 Å². The summed E-state index contributed by atoms with van der Waals surface area (Å²) in [6, 6.07) is -1.49. The average Bonchev–Trinajstić information content (AvgIpc) is 4.02. The molecule has 0 bridgehead atoms. The van der Waals surface area contributed by atoms with Crippen molar-refractivity contribution in [3.05, 3.63) is 23.8 Å². The third-order valence-electron chi connectivity index (χ3n) is 12.5. The number of nitrogens with zero attached hydrogens (tertiary/aromatic N) is 13. The molecule has 0 unspecified atom stereocenters. The van der Waals surface area contributed by atoms with Gasteiger partial charge in [0.1, 0.15) is 18.7 Å². The van der Waals surface area contributed by atoms with Gasteiger partial charge in [0.15, 0.2) is 0 Å². The number of hydrogen-bond donors (Lipinski definition) is 3. The van der Waals surface area contributed by atoms with Crippen molar-refractivity contribution in [3.63, 3.8) is 0 Å². The average molecular weight is 971 g/mol. The standard InChI is InChI=1S/C46H78N16O5.ClH/c1-10-22-65-24-26-67-27-25-66-23-13-49-44-50-45(59-18-14-57(15-19-59)42(63)40(34(8)11-2)61-30-38(53-55-61)36(47)28-32(4)5)52-46(51-44)60-20-16-58(17-21-60)43(64)41(35(9)12-3)62-31-39(54-56-62)37(48)29-33(6)7;/h1,30-37,40-41H,11-29,47-48H2,2-9H3,(H,49,50,51,52);1H/p-1/t34-,35-,36-,37-,40-,41-;/m0./s1. The Balaban J connectivity index is 0.0000101. The fourth-order valence-electron chi connectivity index (χ4n) is 8.28. The first-order chi connectivity index (χ1) is 32.2. The largest absolute Gasteiger partial charge is 1.00 e. The van der Waals surface area contributed by atoms with Crippen LogP contribution in [0.1, 0.15) is 117 Å². The zero-order valence-corrected chi connectivity index (χ0v) is 42.4. The number of ether oxygens (including phenoxy) is 3. The number of nitrogens with one attached hydrogen (secondary N) is 1. The normalized spacial score (nSPS) is 17.1. The van der Waals surface area contributed by atoms with Crippen LogP contribution in [0.4, 0.5) is 17.8 Å². The predicted octanol–water partition coefficient (Wildman–Crippen LogP) is 0.117. The quantitative estimate of drug-likeness (QED) is 0.0679. The Hall–Kier alpha value is -4.72. The van der Waals surface area contributed by atoms with Crippen LogP contribution < -0.4 is 39.0 Å². The summed E-state index contributed by atoms with van der Waals surface area (Å²) < 4.78 is 20.0. The summed E-state index contributed by atoms with van der Waals surface area (Å²) in [5.74, 6) is 4.74. The molecule has 21 nitrogen and oxygen atoms in total. The van der Waals surface area contributed by atoms with Gasteiger partial charge in [0.05, 0.1) is 68.9 Å². The van der Waals surface area contributed by atoms with Crippen LogP contribution in [0.2, 0.25) is 0 Å². The van der Waals surface area contributed by atoms with Crippen LogP contribution in [0.15, 0.2) is 12.4 Å². The monoisotopic (exact) mass is 970 g/mol. The molecule has 0 saturated carbocycles. The lowest BCUT2D eigenvalue weighted by molar-refractivity contribution is -0.137. The van der Waals surface area contributed by atoms with E-state index >= 15 is 0 Å². The van der Waals surface area contributed by atoms with E-state index in [9.17, 15) is 9.59 Å². The number of rotatable bonds is 27. The van der Waals surface area contributed by atoms with Crippen molar-refractivity contribution in [2.75, 3.05) is 114 Å². The van der Waals surface area contributed by atoms with Crippen molar-refractivity contribution < 1.29 is 36.2 Å². The maximum atomic E-state index is 14.3. The number of hydrogen-bond acceptors (Lipinski definition) is 17. The molecule has 0 aliphatic carbocycles. The fraction of sp³-hybridized carbons (Fsp3) is 0.761. The first-order valence-electron chi connectivity index (χ1n) is 24.3. The van der Waals surface area contributed by atoms with E-state index < -0.39 is 12.1 Å². The van der Waals surface area contributed by atoms with Crippen molar-refractivity contribution in [2.45, 2.75) is 105 Å². The topological polar surface area (TPSA) is 239 Å². The maximum absolute atomic E-state index is 14.3. The summed E-state index contributed by atoms with van der Waals surface area (Å²) in [5.41, 5.74) is 14.3. The molecule has 3 aromatic heterocycles. The first-order valence-corrected chi connectivity index (χ1v) is 24.3. The Labute approximate surface area is 409 Å². The van der Waals surface area contributed by atoms with Crippen LogP contribution in [-0.2, 0) is 23.8 Å². The molecule has 5 heterocycles. The highest BCUT2D eigenvalue weighted by Gasteiger charge is 2.36. The summed E-state index contributed by atoms with van der Waals surface area (Å²) >= 11 is 0. The Morgan fingerprint density at radius 1 is 0.662 bits per heavy atom. The summed E-state index contributed by atoms with van der Waals surface area (Å²) in [7, 11) is 0. The lowest BCUT2D eigenvalue weighted by atomic mass is 9.97. The molecule has 0 radical (unpaired) electrons. The van der Waals surface area contributed by atoms with Crippen molar-refractivity contribution in [1.82, 2.24) is 54.7 Å². The Morgan fingerprint density at radius 2 is 1.07 bits per heavy atom. The van der Waals surface area contributed by atoms with Crippen molar-refractivity contribution in [2.24, 2.45) is 35.1 Å². The number of nitrogens with two attached hydrogens (primary N) is 2. The van der Waals surface area contributed by atoms with Crippen LogP contribution in [0.25, 0.3) is 0 Å². The van der Waals surface area contributed by atoms with Gasteiger partial charge in [-0.2, -0.15) is 15.0 Å². The SMILES string of the molecule is C#CCOCCOCCOCCNc1nc(N2CCN(C(=O)[C@H]([C@@H](C)CC)n3cc([C@@H](N)CC(C)C)nn3)CC2)nc(N2CCN(C(=O)[C@H]([C@@H](C)CC)n3cc([C@@H](N)CC(C)C)nn3)CC2)n1.[Cl-]. The molecule has 0 spiro atoms. The molecule has 2 amide bonds. The number of piperazine rings is 2. The third kappa shape index (κ3) is 15.9. The molecule has 2 aliphatic heterocycles. The van der Waals surface area contributed by atoms with E-state index in [0.717, 1.165) is 25.7 Å². The molecule has 0 aromatic carbocycles. The number of carbonyl (C=O) groups excluding carboxylic acids is 2. The Bertz CT molecular complexity index is 1880. The molecule has 5 N–H and O–H groups in total. The number of terminal acetylenes is 1. The van der Waals surface area contributed by atoms with E-state index in [4.69, 9.17) is 47.1 Å². The zero-order chi connectivity index (χ0) is 48.5. The highest BCUT2D eigenvalue weighted by Crippen LogP contribution is 2.29. The Morgan fingerprint density at radius 3 is 1.47 bits per heavy atom. The van der Waals surface area contributed by atoms with Gasteiger partial charge in [-0.1, -0.05) is 84.6 Å². The highest BCUT2D eigenvalue weighted by atomic mass is 35.5. The van der Waals surface area contributed by atoms with Crippen LogP contribution in [0.5, 0.6) is 0 Å². The molecule has 380 valence electrons. The molecule has 2 aliphatic rings. The van der Waals surface area contributed by atoms with Crippen molar-refractivity contribution in [3.8, 4) is 12.3 Å². The maximum Gasteiger partial charge on any atom is 0.247 e. The second kappa shape index (κ2) is 28.1. The minimum Gasteiger partial charge on any atom is -1.00 e. The van der Waals surface area contributed by atoms with Gasteiger partial charge in [-0.3, -0.25) is 9.59 Å². The van der Waals surface area contributed by atoms with Gasteiger partial charge in [0.2, 0.25) is 29.7 Å². The van der Waals surface area contributed by atoms with Gasteiger partial charge in [0.25, 0.3) is 0 Å². The summed E-state index contributed by atoms with van der Waals surface area (Å²) in [5, 5.41) is 20.9. The molecule has 6 atom stereocenters. The molecular weight excluding hydrogens is 892 g/mol. The van der Waals surface area contributed by atoms with E-state index in [1.165, 1.54) is 0 Å². The molecule has 2 fully saturated rings. The molecule has 22 heteroatoms. The van der Waals surface area contributed by atoms with Crippen LogP contribution >= 0.6 is 0 Å². The lowest BCUT2D eigenvalue weighted by Gasteiger charge is -2.38. The van der Waals surface area contributed by atoms with Gasteiger partial charge in [-0.05, 0) is 36.5 Å². The second-order valence-electron chi connectivity index (χ2n) is 18.7.